The summed E-state index contributed by atoms with van der Waals surface area (Å²) in [6.45, 7) is 0.572. The fourth-order valence-corrected chi connectivity index (χ4v) is 3.38. The third kappa shape index (κ3) is 4.10. The zero-order valence-electron chi connectivity index (χ0n) is 8.04. The average molecular weight is 436 g/mol. The predicted octanol–water partition coefficient (Wildman–Crippen LogP) is 3.61. The van der Waals surface area contributed by atoms with E-state index < -0.39 is 11.1 Å². The second kappa shape index (κ2) is 7.10. The van der Waals surface area contributed by atoms with Crippen LogP contribution in [0.2, 0.25) is 0 Å². The van der Waals surface area contributed by atoms with Crippen LogP contribution in [0.4, 0.5) is 0 Å². The quantitative estimate of drug-likeness (QED) is 0.403. The summed E-state index contributed by atoms with van der Waals surface area (Å²) in [5.41, 5.74) is 0. The maximum absolute atomic E-state index is 10.8. The van der Waals surface area contributed by atoms with Crippen LogP contribution < -0.4 is 4.74 Å². The molecule has 0 aliphatic carbocycles. The van der Waals surface area contributed by atoms with Crippen LogP contribution in [0.1, 0.15) is 6.42 Å². The third-order valence-electron chi connectivity index (χ3n) is 1.69. The zero-order chi connectivity index (χ0) is 12.1. The average Bonchev–Trinajstić information content (AvgIpc) is 2.21. The molecule has 0 aromatic heterocycles. The Bertz CT molecular complexity index is 375. The van der Waals surface area contributed by atoms with Gasteiger partial charge < -0.3 is 9.29 Å². The summed E-state index contributed by atoms with van der Waals surface area (Å²) in [5.74, 6) is 0.621. The second-order valence-corrected chi connectivity index (χ2v) is 6.28. The van der Waals surface area contributed by atoms with Crippen molar-refractivity contribution in [3.8, 4) is 5.75 Å². The van der Waals surface area contributed by atoms with E-state index in [-0.39, 0.29) is 4.90 Å². The number of halogens is 3. The zero-order valence-corrected chi connectivity index (χ0v) is 13.6. The van der Waals surface area contributed by atoms with Gasteiger partial charge in [0.05, 0.1) is 15.6 Å². The highest BCUT2D eigenvalue weighted by molar-refractivity contribution is 9.11. The van der Waals surface area contributed by atoms with E-state index >= 15 is 0 Å². The molecule has 0 saturated carbocycles. The van der Waals surface area contributed by atoms with Crippen molar-refractivity contribution in [3.05, 3.63) is 21.1 Å². The highest BCUT2D eigenvalue weighted by Gasteiger charge is 2.09. The molecule has 0 aliphatic heterocycles. The number of rotatable bonds is 5. The van der Waals surface area contributed by atoms with Gasteiger partial charge in [-0.3, -0.25) is 4.21 Å². The first-order chi connectivity index (χ1) is 7.56. The third-order valence-corrected chi connectivity index (χ3v) is 4.05. The molecule has 0 amide bonds. The van der Waals surface area contributed by atoms with Gasteiger partial charge in [-0.2, -0.15) is 0 Å². The Morgan fingerprint density at radius 1 is 1.31 bits per heavy atom. The Morgan fingerprint density at radius 3 is 2.31 bits per heavy atom. The first-order valence-corrected chi connectivity index (χ1v) is 8.11. The van der Waals surface area contributed by atoms with Gasteiger partial charge >= 0.3 is 0 Å². The van der Waals surface area contributed by atoms with Crippen molar-refractivity contribution >= 4 is 58.9 Å². The molecule has 0 radical (unpaired) electrons. The molecule has 1 rings (SSSR count). The molecule has 16 heavy (non-hydrogen) atoms. The van der Waals surface area contributed by atoms with Crippen molar-refractivity contribution in [1.29, 1.82) is 0 Å². The molecule has 0 aliphatic rings. The van der Waals surface area contributed by atoms with Gasteiger partial charge in [-0.05, 0) is 61.5 Å². The van der Waals surface area contributed by atoms with Gasteiger partial charge in [-0.15, -0.1) is 0 Å². The Kier molecular flexibility index (Phi) is 6.50. The highest BCUT2D eigenvalue weighted by atomic mass is 79.9. The van der Waals surface area contributed by atoms with Gasteiger partial charge in [0.2, 0.25) is 0 Å². The van der Waals surface area contributed by atoms with Crippen LogP contribution in [-0.4, -0.2) is 20.7 Å². The lowest BCUT2D eigenvalue weighted by atomic mass is 10.3. The molecule has 90 valence electrons. The molecule has 0 heterocycles. The smallest absolute Gasteiger partial charge is 0.147 e. The summed E-state index contributed by atoms with van der Waals surface area (Å²) >= 11 is 7.62. The Hall–Kier alpha value is 0.570. The van der Waals surface area contributed by atoms with Gasteiger partial charge in [-0.25, -0.2) is 0 Å². The van der Waals surface area contributed by atoms with Crippen LogP contribution in [0.25, 0.3) is 0 Å². The SMILES string of the molecule is O=S([O-])c1cc(Br)c(OCCCBr)c(Br)c1. The summed E-state index contributed by atoms with van der Waals surface area (Å²) in [7, 11) is 0. The van der Waals surface area contributed by atoms with E-state index in [4.69, 9.17) is 4.74 Å². The molecular formula is C9H8Br3O3S-. The van der Waals surface area contributed by atoms with Crippen LogP contribution >= 0.6 is 47.8 Å². The van der Waals surface area contributed by atoms with Gasteiger partial charge in [0, 0.05) is 10.2 Å². The van der Waals surface area contributed by atoms with E-state index in [0.29, 0.717) is 21.3 Å². The second-order valence-electron chi connectivity index (χ2n) is 2.84. The van der Waals surface area contributed by atoms with Crippen molar-refractivity contribution in [1.82, 2.24) is 0 Å². The summed E-state index contributed by atoms with van der Waals surface area (Å²) in [6, 6.07) is 3.02. The lowest BCUT2D eigenvalue weighted by Crippen LogP contribution is -2.00. The molecule has 0 fully saturated rings. The summed E-state index contributed by atoms with van der Waals surface area (Å²) in [5, 5.41) is 0.866. The molecule has 1 aromatic carbocycles. The molecule has 1 unspecified atom stereocenters. The van der Waals surface area contributed by atoms with E-state index in [1.807, 2.05) is 0 Å². The van der Waals surface area contributed by atoms with Crippen molar-refractivity contribution in [2.24, 2.45) is 0 Å². The van der Waals surface area contributed by atoms with E-state index in [1.165, 1.54) is 12.1 Å². The Balaban J connectivity index is 2.89. The van der Waals surface area contributed by atoms with E-state index in [9.17, 15) is 8.76 Å². The molecular weight excluding hydrogens is 428 g/mol. The van der Waals surface area contributed by atoms with Crippen LogP contribution in [0, 0.1) is 0 Å². The van der Waals surface area contributed by atoms with Crippen LogP contribution in [0.15, 0.2) is 26.0 Å². The lowest BCUT2D eigenvalue weighted by Gasteiger charge is -2.12. The minimum atomic E-state index is -2.24. The van der Waals surface area contributed by atoms with E-state index in [2.05, 4.69) is 47.8 Å². The summed E-state index contributed by atoms with van der Waals surface area (Å²) in [4.78, 5) is 0.214. The molecule has 1 atom stereocenters. The summed E-state index contributed by atoms with van der Waals surface area (Å²) < 4.78 is 28.3. The fraction of sp³-hybridized carbons (Fsp3) is 0.333. The predicted molar refractivity (Wildman–Crippen MR) is 72.9 cm³/mol. The van der Waals surface area contributed by atoms with Crippen molar-refractivity contribution < 1.29 is 13.5 Å². The van der Waals surface area contributed by atoms with Crippen LogP contribution in [0.5, 0.6) is 5.75 Å². The van der Waals surface area contributed by atoms with Crippen LogP contribution in [0.3, 0.4) is 0 Å². The minimum Gasteiger partial charge on any atom is -0.768 e. The molecule has 0 spiro atoms. The molecule has 3 nitrogen and oxygen atoms in total. The normalized spacial score (nSPS) is 12.5. The van der Waals surface area contributed by atoms with Crippen LogP contribution in [-0.2, 0) is 11.1 Å². The fourth-order valence-electron chi connectivity index (χ4n) is 1.000. The molecule has 1 aromatic rings. The molecule has 0 N–H and O–H groups in total. The van der Waals surface area contributed by atoms with Crippen molar-refractivity contribution in [3.63, 3.8) is 0 Å². The van der Waals surface area contributed by atoms with Gasteiger partial charge in [0.15, 0.2) is 0 Å². The van der Waals surface area contributed by atoms with Gasteiger partial charge in [0.1, 0.15) is 5.75 Å². The van der Waals surface area contributed by atoms with E-state index in [0.717, 1.165) is 11.8 Å². The Labute approximate surface area is 122 Å². The molecule has 7 heteroatoms. The van der Waals surface area contributed by atoms with Crippen molar-refractivity contribution in [2.45, 2.75) is 11.3 Å². The number of ether oxygens (including phenoxy) is 1. The first-order valence-electron chi connectivity index (χ1n) is 4.33. The maximum atomic E-state index is 10.8. The minimum absolute atomic E-state index is 0.214. The van der Waals surface area contributed by atoms with Crippen molar-refractivity contribution in [2.75, 3.05) is 11.9 Å². The number of benzene rings is 1. The first kappa shape index (κ1) is 14.6. The van der Waals surface area contributed by atoms with Gasteiger partial charge in [-0.1, -0.05) is 15.9 Å². The number of hydrogen-bond donors (Lipinski definition) is 0. The summed E-state index contributed by atoms with van der Waals surface area (Å²) in [6.07, 6.45) is 0.883. The largest absolute Gasteiger partial charge is 0.768 e. The lowest BCUT2D eigenvalue weighted by molar-refractivity contribution is 0.315. The maximum Gasteiger partial charge on any atom is 0.147 e. The monoisotopic (exact) mass is 433 g/mol. The van der Waals surface area contributed by atoms with Gasteiger partial charge in [0.25, 0.3) is 0 Å². The van der Waals surface area contributed by atoms with E-state index in [1.54, 1.807) is 0 Å². The standard InChI is InChI=1S/C9H9Br3O3S/c10-2-1-3-15-9-7(11)4-6(16(13)14)5-8(9)12/h4-5H,1-3H2,(H,13,14)/p-1. The highest BCUT2D eigenvalue weighted by Crippen LogP contribution is 2.35. The topological polar surface area (TPSA) is 49.4 Å². The molecule has 0 bridgehead atoms. The number of hydrogen-bond acceptors (Lipinski definition) is 3. The Morgan fingerprint density at radius 2 is 1.88 bits per heavy atom. The number of alkyl halides is 1. The molecule has 0 saturated heterocycles.